The lowest BCUT2D eigenvalue weighted by Gasteiger charge is -2.23. The molecule has 0 heterocycles. The average molecular weight is 227 g/mol. The van der Waals surface area contributed by atoms with E-state index in [1.807, 2.05) is 13.8 Å². The first-order chi connectivity index (χ1) is 7.46. The zero-order valence-electron chi connectivity index (χ0n) is 11.1. The maximum atomic E-state index is 11.5. The molecule has 0 amide bonds. The van der Waals surface area contributed by atoms with Crippen LogP contribution in [0.15, 0.2) is 0 Å². The molecule has 0 aromatic heterocycles. The van der Waals surface area contributed by atoms with Gasteiger partial charge in [-0.15, -0.1) is 0 Å². The topological polar surface area (TPSA) is 38.3 Å². The predicted molar refractivity (Wildman–Crippen MR) is 65.2 cm³/mol. The van der Waals surface area contributed by atoms with E-state index in [-0.39, 0.29) is 5.97 Å². The Morgan fingerprint density at radius 1 is 1.44 bits per heavy atom. The van der Waals surface area contributed by atoms with Gasteiger partial charge in [0.05, 0.1) is 12.5 Å². The molecule has 1 aliphatic rings. The van der Waals surface area contributed by atoms with Crippen LogP contribution in [0.4, 0.5) is 0 Å². The smallest absolute Gasteiger partial charge is 0.312 e. The molecule has 16 heavy (non-hydrogen) atoms. The zero-order valence-corrected chi connectivity index (χ0v) is 11.1. The van der Waals surface area contributed by atoms with Gasteiger partial charge in [-0.25, -0.2) is 0 Å². The summed E-state index contributed by atoms with van der Waals surface area (Å²) in [6.45, 7) is 7.82. The van der Waals surface area contributed by atoms with Crippen molar-refractivity contribution in [3.8, 4) is 0 Å². The second-order valence-electron chi connectivity index (χ2n) is 5.73. The Balaban J connectivity index is 2.27. The van der Waals surface area contributed by atoms with Gasteiger partial charge in [0.15, 0.2) is 0 Å². The van der Waals surface area contributed by atoms with Crippen molar-refractivity contribution in [1.29, 1.82) is 0 Å². The van der Waals surface area contributed by atoms with Crippen LogP contribution in [0, 0.1) is 10.8 Å². The Hall–Kier alpha value is -0.570. The molecule has 0 spiro atoms. The summed E-state index contributed by atoms with van der Waals surface area (Å²) < 4.78 is 4.78. The third-order valence-corrected chi connectivity index (χ3v) is 3.54. The maximum Gasteiger partial charge on any atom is 0.312 e. The number of ether oxygens (including phenoxy) is 1. The molecule has 0 bridgehead atoms. The van der Waals surface area contributed by atoms with Gasteiger partial charge in [-0.1, -0.05) is 13.3 Å². The molecule has 1 rings (SSSR count). The molecular formula is C13H25NO2. The first-order valence-corrected chi connectivity index (χ1v) is 6.25. The summed E-state index contributed by atoms with van der Waals surface area (Å²) in [7, 11) is 1.45. The van der Waals surface area contributed by atoms with Gasteiger partial charge in [0.25, 0.3) is 0 Å². The monoisotopic (exact) mass is 227 g/mol. The van der Waals surface area contributed by atoms with Gasteiger partial charge in [0.1, 0.15) is 0 Å². The Morgan fingerprint density at radius 3 is 2.50 bits per heavy atom. The van der Waals surface area contributed by atoms with E-state index < -0.39 is 5.41 Å². The minimum absolute atomic E-state index is 0.139. The van der Waals surface area contributed by atoms with Crippen molar-refractivity contribution in [3.05, 3.63) is 0 Å². The lowest BCUT2D eigenvalue weighted by atomic mass is 9.93. The third kappa shape index (κ3) is 3.48. The highest BCUT2D eigenvalue weighted by Crippen LogP contribution is 2.48. The van der Waals surface area contributed by atoms with Crippen LogP contribution in [-0.2, 0) is 9.53 Å². The molecular weight excluding hydrogens is 202 g/mol. The second kappa shape index (κ2) is 5.17. The summed E-state index contributed by atoms with van der Waals surface area (Å²) in [4.78, 5) is 11.5. The van der Waals surface area contributed by atoms with Gasteiger partial charge in [-0.05, 0) is 38.5 Å². The highest BCUT2D eigenvalue weighted by molar-refractivity contribution is 5.76. The molecule has 1 aliphatic carbocycles. The van der Waals surface area contributed by atoms with Gasteiger partial charge >= 0.3 is 5.97 Å². The van der Waals surface area contributed by atoms with Crippen molar-refractivity contribution < 1.29 is 9.53 Å². The van der Waals surface area contributed by atoms with Crippen molar-refractivity contribution in [1.82, 2.24) is 5.32 Å². The fourth-order valence-electron chi connectivity index (χ4n) is 2.21. The predicted octanol–water partition coefficient (Wildman–Crippen LogP) is 2.36. The SMILES string of the molecule is CCCC1(CNCC(C)(C)C(=O)OC)CC1. The quantitative estimate of drug-likeness (QED) is 0.678. The number of hydrogen-bond donors (Lipinski definition) is 1. The van der Waals surface area contributed by atoms with E-state index in [0.717, 1.165) is 6.54 Å². The van der Waals surface area contributed by atoms with Crippen LogP contribution in [0.5, 0.6) is 0 Å². The summed E-state index contributed by atoms with van der Waals surface area (Å²) in [5.74, 6) is -0.139. The number of nitrogens with one attached hydrogen (secondary N) is 1. The summed E-state index contributed by atoms with van der Waals surface area (Å²) >= 11 is 0. The zero-order chi connectivity index (χ0) is 12.2. The first kappa shape index (κ1) is 13.5. The van der Waals surface area contributed by atoms with Crippen LogP contribution in [0.2, 0.25) is 0 Å². The molecule has 3 heteroatoms. The lowest BCUT2D eigenvalue weighted by Crippen LogP contribution is -2.39. The minimum atomic E-state index is -0.420. The van der Waals surface area contributed by atoms with E-state index in [9.17, 15) is 4.79 Å². The van der Waals surface area contributed by atoms with Gasteiger partial charge in [0, 0.05) is 13.1 Å². The average Bonchev–Trinajstić information content (AvgIpc) is 2.97. The molecule has 0 aromatic rings. The highest BCUT2D eigenvalue weighted by Gasteiger charge is 2.41. The molecule has 0 atom stereocenters. The van der Waals surface area contributed by atoms with E-state index >= 15 is 0 Å². The van der Waals surface area contributed by atoms with Crippen LogP contribution >= 0.6 is 0 Å². The molecule has 0 radical (unpaired) electrons. The van der Waals surface area contributed by atoms with Crippen LogP contribution in [0.1, 0.15) is 46.5 Å². The standard InChI is InChI=1S/C13H25NO2/c1-5-6-13(7-8-13)10-14-9-12(2,3)11(15)16-4/h14H,5-10H2,1-4H3. The maximum absolute atomic E-state index is 11.5. The molecule has 0 aromatic carbocycles. The van der Waals surface area contributed by atoms with E-state index in [0.29, 0.717) is 12.0 Å². The lowest BCUT2D eigenvalue weighted by molar-refractivity contribution is -0.150. The van der Waals surface area contributed by atoms with Crippen molar-refractivity contribution in [2.45, 2.75) is 46.5 Å². The molecule has 0 unspecified atom stereocenters. The molecule has 1 N–H and O–H groups in total. The summed E-state index contributed by atoms with van der Waals surface area (Å²) in [5.41, 5.74) is 0.123. The number of carbonyl (C=O) groups excluding carboxylic acids is 1. The number of esters is 1. The number of rotatable bonds is 7. The Kier molecular flexibility index (Phi) is 4.36. The van der Waals surface area contributed by atoms with Crippen molar-refractivity contribution in [2.24, 2.45) is 10.8 Å². The minimum Gasteiger partial charge on any atom is -0.469 e. The fraction of sp³-hybridized carbons (Fsp3) is 0.923. The highest BCUT2D eigenvalue weighted by atomic mass is 16.5. The summed E-state index contributed by atoms with van der Waals surface area (Å²) in [5, 5.41) is 3.43. The Morgan fingerprint density at radius 2 is 2.06 bits per heavy atom. The molecule has 0 aliphatic heterocycles. The van der Waals surface area contributed by atoms with Gasteiger partial charge in [-0.3, -0.25) is 4.79 Å². The van der Waals surface area contributed by atoms with Gasteiger partial charge in [0.2, 0.25) is 0 Å². The fourth-order valence-corrected chi connectivity index (χ4v) is 2.21. The molecule has 3 nitrogen and oxygen atoms in total. The Bertz CT molecular complexity index is 244. The summed E-state index contributed by atoms with van der Waals surface area (Å²) in [6, 6.07) is 0. The summed E-state index contributed by atoms with van der Waals surface area (Å²) in [6.07, 6.45) is 5.24. The van der Waals surface area contributed by atoms with E-state index in [1.165, 1.54) is 32.8 Å². The number of methoxy groups -OCH3 is 1. The normalized spacial score (nSPS) is 18.2. The van der Waals surface area contributed by atoms with E-state index in [1.54, 1.807) is 0 Å². The van der Waals surface area contributed by atoms with Crippen LogP contribution in [-0.4, -0.2) is 26.2 Å². The molecule has 94 valence electrons. The number of hydrogen-bond acceptors (Lipinski definition) is 3. The van der Waals surface area contributed by atoms with Crippen molar-refractivity contribution in [2.75, 3.05) is 20.2 Å². The van der Waals surface area contributed by atoms with Crippen molar-refractivity contribution in [3.63, 3.8) is 0 Å². The molecule has 1 saturated carbocycles. The largest absolute Gasteiger partial charge is 0.469 e. The Labute approximate surface area is 98.9 Å². The van der Waals surface area contributed by atoms with Gasteiger partial charge in [-0.2, -0.15) is 0 Å². The molecule has 1 fully saturated rings. The first-order valence-electron chi connectivity index (χ1n) is 6.25. The van der Waals surface area contributed by atoms with Crippen LogP contribution in [0.3, 0.4) is 0 Å². The van der Waals surface area contributed by atoms with Crippen LogP contribution in [0.25, 0.3) is 0 Å². The second-order valence-corrected chi connectivity index (χ2v) is 5.73. The third-order valence-electron chi connectivity index (χ3n) is 3.54. The van der Waals surface area contributed by atoms with Gasteiger partial charge < -0.3 is 10.1 Å². The van der Waals surface area contributed by atoms with E-state index in [4.69, 9.17) is 4.74 Å². The molecule has 0 saturated heterocycles. The van der Waals surface area contributed by atoms with Crippen molar-refractivity contribution >= 4 is 5.97 Å². The van der Waals surface area contributed by atoms with Crippen LogP contribution < -0.4 is 5.32 Å². The number of carbonyl (C=O) groups is 1. The van der Waals surface area contributed by atoms with E-state index in [2.05, 4.69) is 12.2 Å².